The van der Waals surface area contributed by atoms with Crippen LogP contribution in [0.3, 0.4) is 0 Å². The first-order chi connectivity index (χ1) is 8.97. The van der Waals surface area contributed by atoms with Crippen LogP contribution >= 0.6 is 39.1 Å². The number of hydrogen-bond donors (Lipinski definition) is 1. The fourth-order valence-electron chi connectivity index (χ4n) is 1.67. The maximum absolute atomic E-state index is 13.2. The van der Waals surface area contributed by atoms with Crippen molar-refractivity contribution in [1.82, 2.24) is 4.98 Å². The van der Waals surface area contributed by atoms with Crippen molar-refractivity contribution >= 4 is 44.8 Å². The molecule has 0 spiro atoms. The third-order valence-electron chi connectivity index (χ3n) is 2.60. The van der Waals surface area contributed by atoms with E-state index in [2.05, 4.69) is 26.2 Å². The van der Waals surface area contributed by atoms with E-state index in [0.717, 1.165) is 15.6 Å². The number of aromatic nitrogens is 1. The lowest BCUT2D eigenvalue weighted by Gasteiger charge is -2.12. The van der Waals surface area contributed by atoms with Gasteiger partial charge in [-0.3, -0.25) is 0 Å². The van der Waals surface area contributed by atoms with Crippen LogP contribution in [-0.2, 0) is 6.54 Å². The van der Waals surface area contributed by atoms with Gasteiger partial charge in [0.25, 0.3) is 0 Å². The van der Waals surface area contributed by atoms with Crippen LogP contribution in [0.25, 0.3) is 0 Å². The summed E-state index contributed by atoms with van der Waals surface area (Å²) >= 11 is 15.2. The van der Waals surface area contributed by atoms with Crippen molar-refractivity contribution in [2.75, 3.05) is 5.32 Å². The van der Waals surface area contributed by atoms with Crippen LogP contribution in [0.5, 0.6) is 0 Å². The molecule has 0 amide bonds. The van der Waals surface area contributed by atoms with Crippen molar-refractivity contribution < 1.29 is 4.39 Å². The Bertz CT molecular complexity index is 597. The van der Waals surface area contributed by atoms with E-state index in [4.69, 9.17) is 23.2 Å². The molecule has 2 aromatic rings. The van der Waals surface area contributed by atoms with Gasteiger partial charge in [-0.05, 0) is 42.3 Å². The number of hydrogen-bond acceptors (Lipinski definition) is 2. The highest BCUT2D eigenvalue weighted by molar-refractivity contribution is 9.10. The Kier molecular flexibility index (Phi) is 4.66. The lowest BCUT2D eigenvalue weighted by atomic mass is 10.2. The fourth-order valence-corrected chi connectivity index (χ4v) is 2.66. The van der Waals surface area contributed by atoms with Gasteiger partial charge in [-0.15, -0.1) is 0 Å². The van der Waals surface area contributed by atoms with Gasteiger partial charge in [0.15, 0.2) is 5.15 Å². The van der Waals surface area contributed by atoms with E-state index in [0.29, 0.717) is 22.5 Å². The van der Waals surface area contributed by atoms with E-state index in [1.807, 2.05) is 6.92 Å². The highest BCUT2D eigenvalue weighted by Crippen LogP contribution is 2.27. The molecular formula is C13H10BrCl2FN2. The first-order valence-corrected chi connectivity index (χ1v) is 7.02. The van der Waals surface area contributed by atoms with Crippen molar-refractivity contribution in [3.8, 4) is 0 Å². The number of aryl methyl sites for hydroxylation is 1. The van der Waals surface area contributed by atoms with Gasteiger partial charge in [0.1, 0.15) is 11.0 Å². The van der Waals surface area contributed by atoms with Crippen molar-refractivity contribution in [2.45, 2.75) is 13.5 Å². The minimum Gasteiger partial charge on any atom is -0.378 e. The number of nitrogens with one attached hydrogen (secondary N) is 1. The van der Waals surface area contributed by atoms with Crippen LogP contribution < -0.4 is 5.32 Å². The molecule has 1 heterocycles. The molecule has 1 aromatic heterocycles. The Balaban J connectivity index is 2.21. The minimum atomic E-state index is -0.281. The fraction of sp³-hybridized carbons (Fsp3) is 0.154. The third-order valence-corrected chi connectivity index (χ3v) is 3.85. The van der Waals surface area contributed by atoms with E-state index in [-0.39, 0.29) is 5.82 Å². The molecule has 0 unspecified atom stereocenters. The standard InChI is InChI=1S/C13H10BrCl2FN2/c1-7-4-11(15)19-13(16)12(7)18-6-8-5-9(17)2-3-10(8)14/h2-5,18H,6H2,1H3. The second-order valence-corrected chi connectivity index (χ2v) is 5.62. The lowest BCUT2D eigenvalue weighted by molar-refractivity contribution is 0.625. The first-order valence-electron chi connectivity index (χ1n) is 5.48. The molecule has 2 rings (SSSR count). The Labute approximate surface area is 129 Å². The van der Waals surface area contributed by atoms with Gasteiger partial charge in [0, 0.05) is 11.0 Å². The Hall–Kier alpha value is -0.840. The summed E-state index contributed by atoms with van der Waals surface area (Å²) in [5, 5.41) is 3.79. The van der Waals surface area contributed by atoms with Crippen molar-refractivity contribution in [2.24, 2.45) is 0 Å². The zero-order chi connectivity index (χ0) is 14.0. The largest absolute Gasteiger partial charge is 0.378 e. The number of rotatable bonds is 3. The molecule has 0 fully saturated rings. The molecule has 0 aliphatic rings. The summed E-state index contributed by atoms with van der Waals surface area (Å²) in [6.07, 6.45) is 0. The van der Waals surface area contributed by atoms with E-state index >= 15 is 0 Å². The van der Waals surface area contributed by atoms with Crippen molar-refractivity contribution in [3.63, 3.8) is 0 Å². The van der Waals surface area contributed by atoms with Crippen molar-refractivity contribution in [3.05, 3.63) is 56.0 Å². The van der Waals surface area contributed by atoms with Gasteiger partial charge in [-0.1, -0.05) is 39.1 Å². The SMILES string of the molecule is Cc1cc(Cl)nc(Cl)c1NCc1cc(F)ccc1Br. The number of halogens is 4. The first kappa shape index (κ1) is 14.6. The normalized spacial score (nSPS) is 10.6. The minimum absolute atomic E-state index is 0.281. The molecule has 1 aromatic carbocycles. The van der Waals surface area contributed by atoms with Crippen LogP contribution in [0.15, 0.2) is 28.7 Å². The summed E-state index contributed by atoms with van der Waals surface area (Å²) in [6, 6.07) is 6.25. The molecule has 0 aliphatic heterocycles. The van der Waals surface area contributed by atoms with Gasteiger partial charge in [0.05, 0.1) is 5.69 Å². The molecule has 6 heteroatoms. The molecule has 0 bridgehead atoms. The molecule has 19 heavy (non-hydrogen) atoms. The van der Waals surface area contributed by atoms with Gasteiger partial charge in [-0.2, -0.15) is 0 Å². The molecule has 0 radical (unpaired) electrons. The molecule has 0 atom stereocenters. The van der Waals surface area contributed by atoms with Gasteiger partial charge in [-0.25, -0.2) is 9.37 Å². The zero-order valence-electron chi connectivity index (χ0n) is 9.98. The average molecular weight is 364 g/mol. The monoisotopic (exact) mass is 362 g/mol. The zero-order valence-corrected chi connectivity index (χ0v) is 13.1. The molecule has 2 nitrogen and oxygen atoms in total. The maximum Gasteiger partial charge on any atom is 0.154 e. The van der Waals surface area contributed by atoms with Crippen LogP contribution in [0.2, 0.25) is 10.3 Å². The maximum atomic E-state index is 13.2. The molecule has 0 saturated heterocycles. The van der Waals surface area contributed by atoms with E-state index < -0.39 is 0 Å². The van der Waals surface area contributed by atoms with Crippen LogP contribution in [0.4, 0.5) is 10.1 Å². The van der Waals surface area contributed by atoms with Crippen LogP contribution in [-0.4, -0.2) is 4.98 Å². The summed E-state index contributed by atoms with van der Waals surface area (Å²) in [6.45, 7) is 2.31. The average Bonchev–Trinajstić information content (AvgIpc) is 2.32. The second kappa shape index (κ2) is 6.07. The summed E-state index contributed by atoms with van der Waals surface area (Å²) < 4.78 is 14.0. The number of benzene rings is 1. The summed E-state index contributed by atoms with van der Waals surface area (Å²) in [4.78, 5) is 3.97. The van der Waals surface area contributed by atoms with Gasteiger partial charge in [0.2, 0.25) is 0 Å². The summed E-state index contributed by atoms with van der Waals surface area (Å²) in [5.74, 6) is -0.281. The Morgan fingerprint density at radius 1 is 1.32 bits per heavy atom. The highest BCUT2D eigenvalue weighted by atomic mass is 79.9. The number of anilines is 1. The van der Waals surface area contributed by atoms with Gasteiger partial charge >= 0.3 is 0 Å². The highest BCUT2D eigenvalue weighted by Gasteiger charge is 2.08. The summed E-state index contributed by atoms with van der Waals surface area (Å²) in [7, 11) is 0. The quantitative estimate of drug-likeness (QED) is 0.757. The summed E-state index contributed by atoms with van der Waals surface area (Å²) in [5.41, 5.74) is 2.38. The smallest absolute Gasteiger partial charge is 0.154 e. The van der Waals surface area contributed by atoms with E-state index in [1.54, 1.807) is 12.1 Å². The molecular weight excluding hydrogens is 354 g/mol. The Morgan fingerprint density at radius 3 is 2.74 bits per heavy atom. The lowest BCUT2D eigenvalue weighted by Crippen LogP contribution is -2.04. The van der Waals surface area contributed by atoms with E-state index in [1.165, 1.54) is 12.1 Å². The van der Waals surface area contributed by atoms with Gasteiger partial charge < -0.3 is 5.32 Å². The molecule has 0 saturated carbocycles. The van der Waals surface area contributed by atoms with Crippen LogP contribution in [0.1, 0.15) is 11.1 Å². The topological polar surface area (TPSA) is 24.9 Å². The third kappa shape index (κ3) is 3.59. The predicted molar refractivity (Wildman–Crippen MR) is 80.4 cm³/mol. The molecule has 1 N–H and O–H groups in total. The second-order valence-electron chi connectivity index (χ2n) is 4.02. The predicted octanol–water partition coefficient (Wildman–Crippen LogP) is 5.21. The van der Waals surface area contributed by atoms with Crippen LogP contribution in [0, 0.1) is 12.7 Å². The number of nitrogens with zero attached hydrogens (tertiary/aromatic N) is 1. The Morgan fingerprint density at radius 2 is 2.05 bits per heavy atom. The number of pyridine rings is 1. The van der Waals surface area contributed by atoms with E-state index in [9.17, 15) is 4.39 Å². The van der Waals surface area contributed by atoms with Crippen molar-refractivity contribution in [1.29, 1.82) is 0 Å². The molecule has 100 valence electrons. The molecule has 0 aliphatic carbocycles.